The van der Waals surface area contributed by atoms with Gasteiger partial charge in [0.25, 0.3) is 5.56 Å². The zero-order valence-corrected chi connectivity index (χ0v) is 21.1. The quantitative estimate of drug-likeness (QED) is 0.274. The summed E-state index contributed by atoms with van der Waals surface area (Å²) in [5, 5.41) is 9.37. The van der Waals surface area contributed by atoms with Gasteiger partial charge in [-0.15, -0.1) is 11.3 Å². The van der Waals surface area contributed by atoms with E-state index in [1.54, 1.807) is 30.3 Å². The Labute approximate surface area is 214 Å². The van der Waals surface area contributed by atoms with Crippen LogP contribution in [-0.4, -0.2) is 45.9 Å². The van der Waals surface area contributed by atoms with Gasteiger partial charge in [-0.2, -0.15) is 0 Å². The minimum absolute atomic E-state index is 0.127. The minimum atomic E-state index is -1.69. The molecule has 0 fully saturated rings. The molecule has 2 aromatic carbocycles. The number of ether oxygens (including phenoxy) is 3. The van der Waals surface area contributed by atoms with Crippen molar-refractivity contribution in [3.63, 3.8) is 0 Å². The number of esters is 1. The van der Waals surface area contributed by atoms with E-state index < -0.39 is 17.5 Å². The number of hydrogen-bond donors (Lipinski definition) is 1. The van der Waals surface area contributed by atoms with E-state index in [0.717, 1.165) is 10.4 Å². The minimum Gasteiger partial charge on any atom is -0.493 e. The fraction of sp³-hybridized carbons (Fsp3) is 0.200. The second-order valence-electron chi connectivity index (χ2n) is 8.33. The molecule has 0 radical (unpaired) electrons. The summed E-state index contributed by atoms with van der Waals surface area (Å²) in [5.41, 5.74) is 0.607. The number of hydrogen-bond acceptors (Lipinski definition) is 8. The molecular weight excluding hydrogens is 508 g/mol. The third kappa shape index (κ3) is 5.34. The molecular formula is C25H21ClN2O7S. The number of fused-ring (bicyclic) bond motifs is 1. The molecule has 0 saturated carbocycles. The van der Waals surface area contributed by atoms with Crippen LogP contribution >= 0.6 is 22.9 Å². The van der Waals surface area contributed by atoms with E-state index in [4.69, 9.17) is 30.9 Å². The number of methoxy groups -OCH3 is 1. The number of carbonyl (C=O) groups is 2. The van der Waals surface area contributed by atoms with Crippen LogP contribution in [0.5, 0.6) is 11.5 Å². The first-order valence-electron chi connectivity index (χ1n) is 10.6. The molecule has 2 heterocycles. The molecule has 36 heavy (non-hydrogen) atoms. The lowest BCUT2D eigenvalue weighted by Gasteiger charge is -2.24. The largest absolute Gasteiger partial charge is 0.493 e. The number of thiophene rings is 1. The number of carboxylic acids is 1. The molecule has 0 unspecified atom stereocenters. The Morgan fingerprint density at radius 3 is 2.50 bits per heavy atom. The maximum Gasteiger partial charge on any atom is 0.417 e. The summed E-state index contributed by atoms with van der Waals surface area (Å²) in [5.74, 6) is -2.41. The second kappa shape index (κ2) is 10.00. The Morgan fingerprint density at radius 2 is 1.83 bits per heavy atom. The smallest absolute Gasteiger partial charge is 0.417 e. The molecule has 0 amide bonds. The van der Waals surface area contributed by atoms with Gasteiger partial charge in [-0.1, -0.05) is 23.7 Å². The fourth-order valence-corrected chi connectivity index (χ4v) is 4.53. The fourth-order valence-electron chi connectivity index (χ4n) is 3.35. The molecule has 4 aromatic rings. The van der Waals surface area contributed by atoms with Crippen molar-refractivity contribution in [1.82, 2.24) is 9.55 Å². The molecule has 0 bridgehead atoms. The summed E-state index contributed by atoms with van der Waals surface area (Å²) >= 11 is 7.32. The van der Waals surface area contributed by atoms with E-state index in [1.807, 2.05) is 18.2 Å². The standard InChI is InChI=1S/C25H21ClN2O7S/c1-25(2,35-24(32)23(30)31)12-34-18-9-8-16(10-19(18)33-3)28-13-27-17-11-20(36-21(17)22(28)29)14-4-6-15(26)7-5-14/h4-11,13H,12H2,1-3H3,(H,30,31). The van der Waals surface area contributed by atoms with Gasteiger partial charge in [-0.3, -0.25) is 9.36 Å². The van der Waals surface area contributed by atoms with Gasteiger partial charge >= 0.3 is 11.9 Å². The van der Waals surface area contributed by atoms with Gasteiger partial charge in [-0.25, -0.2) is 14.6 Å². The maximum atomic E-state index is 13.3. The van der Waals surface area contributed by atoms with Crippen LogP contribution in [0.25, 0.3) is 26.3 Å². The number of benzene rings is 2. The van der Waals surface area contributed by atoms with Crippen molar-refractivity contribution in [2.24, 2.45) is 0 Å². The lowest BCUT2D eigenvalue weighted by atomic mass is 10.1. The molecule has 0 atom stereocenters. The maximum absolute atomic E-state index is 13.3. The molecule has 0 aliphatic carbocycles. The van der Waals surface area contributed by atoms with Crippen LogP contribution in [-0.2, 0) is 14.3 Å². The van der Waals surface area contributed by atoms with Crippen molar-refractivity contribution < 1.29 is 28.9 Å². The Bertz CT molecular complexity index is 1510. The Hall–Kier alpha value is -3.89. The molecule has 0 saturated heterocycles. The van der Waals surface area contributed by atoms with Gasteiger partial charge in [0.1, 0.15) is 23.2 Å². The monoisotopic (exact) mass is 528 g/mol. The number of carboxylic acid groups (broad SMARTS) is 1. The van der Waals surface area contributed by atoms with Crippen LogP contribution in [0.2, 0.25) is 5.02 Å². The lowest BCUT2D eigenvalue weighted by Crippen LogP contribution is -2.37. The van der Waals surface area contributed by atoms with Gasteiger partial charge in [-0.05, 0) is 49.7 Å². The summed E-state index contributed by atoms with van der Waals surface area (Å²) < 4.78 is 18.0. The van der Waals surface area contributed by atoms with E-state index in [0.29, 0.717) is 32.4 Å². The highest BCUT2D eigenvalue weighted by Crippen LogP contribution is 2.33. The normalized spacial score (nSPS) is 11.3. The highest BCUT2D eigenvalue weighted by molar-refractivity contribution is 7.22. The average molecular weight is 529 g/mol. The van der Waals surface area contributed by atoms with Crippen molar-refractivity contribution in [3.05, 3.63) is 70.2 Å². The Morgan fingerprint density at radius 1 is 1.11 bits per heavy atom. The summed E-state index contributed by atoms with van der Waals surface area (Å²) in [7, 11) is 1.45. The zero-order valence-electron chi connectivity index (χ0n) is 19.5. The summed E-state index contributed by atoms with van der Waals surface area (Å²) in [6.07, 6.45) is 1.45. The molecule has 1 N–H and O–H groups in total. The SMILES string of the molecule is COc1cc(-n2cnc3cc(-c4ccc(Cl)cc4)sc3c2=O)ccc1OCC(C)(C)OC(=O)C(=O)O. The van der Waals surface area contributed by atoms with Gasteiger partial charge in [0, 0.05) is 16.0 Å². The average Bonchev–Trinajstić information content (AvgIpc) is 3.28. The van der Waals surface area contributed by atoms with Crippen molar-refractivity contribution in [3.8, 4) is 27.6 Å². The summed E-state index contributed by atoms with van der Waals surface area (Å²) in [6, 6.07) is 14.1. The summed E-state index contributed by atoms with van der Waals surface area (Å²) in [6.45, 7) is 2.92. The predicted molar refractivity (Wildman–Crippen MR) is 136 cm³/mol. The molecule has 0 aliphatic rings. The predicted octanol–water partition coefficient (Wildman–Crippen LogP) is 4.56. The van der Waals surface area contributed by atoms with Crippen LogP contribution < -0.4 is 15.0 Å². The number of aromatic nitrogens is 2. The van der Waals surface area contributed by atoms with Crippen LogP contribution in [0, 0.1) is 0 Å². The second-order valence-corrected chi connectivity index (χ2v) is 9.82. The zero-order chi connectivity index (χ0) is 26.0. The van der Waals surface area contributed by atoms with Crippen molar-refractivity contribution in [2.45, 2.75) is 19.4 Å². The molecule has 0 aliphatic heterocycles. The number of rotatable bonds is 7. The van der Waals surface area contributed by atoms with Crippen LogP contribution in [0.1, 0.15) is 13.8 Å². The number of halogens is 1. The van der Waals surface area contributed by atoms with E-state index in [1.165, 1.54) is 43.2 Å². The van der Waals surface area contributed by atoms with Crippen molar-refractivity contribution in [1.29, 1.82) is 0 Å². The first kappa shape index (κ1) is 25.2. The molecule has 9 nitrogen and oxygen atoms in total. The molecule has 186 valence electrons. The van der Waals surface area contributed by atoms with Gasteiger partial charge in [0.15, 0.2) is 11.5 Å². The van der Waals surface area contributed by atoms with Crippen LogP contribution in [0.4, 0.5) is 0 Å². The van der Waals surface area contributed by atoms with E-state index in [2.05, 4.69) is 4.98 Å². The van der Waals surface area contributed by atoms with Gasteiger partial charge in [0.05, 0.1) is 18.3 Å². The molecule has 2 aromatic heterocycles. The third-order valence-electron chi connectivity index (χ3n) is 5.11. The van der Waals surface area contributed by atoms with E-state index in [9.17, 15) is 14.4 Å². The van der Waals surface area contributed by atoms with Gasteiger partial charge in [0.2, 0.25) is 0 Å². The molecule has 0 spiro atoms. The third-order valence-corrected chi connectivity index (χ3v) is 6.52. The molecule has 4 rings (SSSR count). The Balaban J connectivity index is 1.60. The summed E-state index contributed by atoms with van der Waals surface area (Å²) in [4.78, 5) is 40.7. The Kier molecular flexibility index (Phi) is 7.00. The first-order valence-corrected chi connectivity index (χ1v) is 11.8. The highest BCUT2D eigenvalue weighted by atomic mass is 35.5. The number of aliphatic carboxylic acids is 1. The van der Waals surface area contributed by atoms with Crippen molar-refractivity contribution in [2.75, 3.05) is 13.7 Å². The number of carbonyl (C=O) groups excluding carboxylic acids is 1. The van der Waals surface area contributed by atoms with E-state index in [-0.39, 0.29) is 12.2 Å². The first-order chi connectivity index (χ1) is 17.1. The highest BCUT2D eigenvalue weighted by Gasteiger charge is 2.28. The molecule has 11 heteroatoms. The number of nitrogens with zero attached hydrogens (tertiary/aromatic N) is 2. The van der Waals surface area contributed by atoms with Crippen molar-refractivity contribution >= 4 is 45.1 Å². The van der Waals surface area contributed by atoms with Crippen LogP contribution in [0.15, 0.2) is 59.7 Å². The van der Waals surface area contributed by atoms with E-state index >= 15 is 0 Å². The topological polar surface area (TPSA) is 117 Å². The van der Waals surface area contributed by atoms with Gasteiger partial charge < -0.3 is 19.3 Å². The van der Waals surface area contributed by atoms with Crippen LogP contribution in [0.3, 0.4) is 0 Å². The lowest BCUT2D eigenvalue weighted by molar-refractivity contribution is -0.174.